The van der Waals surface area contributed by atoms with Crippen molar-refractivity contribution in [3.05, 3.63) is 83.6 Å². The van der Waals surface area contributed by atoms with Crippen molar-refractivity contribution in [2.45, 2.75) is 13.2 Å². The molecule has 0 aliphatic carbocycles. The number of hydrogen-bond acceptors (Lipinski definition) is 4. The van der Waals surface area contributed by atoms with Gasteiger partial charge < -0.3 is 9.47 Å². The Labute approximate surface area is 140 Å². The summed E-state index contributed by atoms with van der Waals surface area (Å²) < 4.78 is 10.8. The Bertz CT molecular complexity index is 740. The Morgan fingerprint density at radius 1 is 0.917 bits per heavy atom. The molecule has 0 fully saturated rings. The lowest BCUT2D eigenvalue weighted by Gasteiger charge is -2.15. The molecule has 1 heterocycles. The highest BCUT2D eigenvalue weighted by Gasteiger charge is 2.29. The van der Waals surface area contributed by atoms with Gasteiger partial charge in [-0.2, -0.15) is 0 Å². The average molecular weight is 323 g/mol. The number of carbonyl (C=O) groups is 2. The van der Waals surface area contributed by atoms with Crippen molar-refractivity contribution in [2.24, 2.45) is 0 Å². The van der Waals surface area contributed by atoms with Crippen molar-refractivity contribution in [3.8, 4) is 0 Å². The van der Waals surface area contributed by atoms with Crippen LogP contribution in [0.1, 0.15) is 11.1 Å². The smallest absolute Gasteiger partial charge is 0.417 e. The molecule has 0 aromatic heterocycles. The van der Waals surface area contributed by atoms with E-state index in [1.807, 2.05) is 60.7 Å². The molecule has 2 aromatic rings. The zero-order valence-corrected chi connectivity index (χ0v) is 13.1. The van der Waals surface area contributed by atoms with Gasteiger partial charge in [0.25, 0.3) is 5.91 Å². The molecule has 5 nitrogen and oxygen atoms in total. The lowest BCUT2D eigenvalue weighted by Crippen LogP contribution is -2.33. The van der Waals surface area contributed by atoms with Crippen molar-refractivity contribution in [2.75, 3.05) is 6.54 Å². The molecule has 0 saturated heterocycles. The van der Waals surface area contributed by atoms with Gasteiger partial charge in [0.15, 0.2) is 0 Å². The first-order valence-electron chi connectivity index (χ1n) is 7.62. The van der Waals surface area contributed by atoms with Crippen LogP contribution >= 0.6 is 0 Å². The van der Waals surface area contributed by atoms with Crippen LogP contribution in [0.3, 0.4) is 0 Å². The molecule has 0 N–H and O–H groups in total. The maximum atomic E-state index is 12.0. The van der Waals surface area contributed by atoms with Crippen LogP contribution in [0.15, 0.2) is 72.5 Å². The largest absolute Gasteiger partial charge is 0.491 e. The third-order valence-corrected chi connectivity index (χ3v) is 3.56. The topological polar surface area (TPSA) is 55.8 Å². The highest BCUT2D eigenvalue weighted by Crippen LogP contribution is 2.16. The summed E-state index contributed by atoms with van der Waals surface area (Å²) in [7, 11) is 0. The molecule has 0 atom stereocenters. The normalized spacial score (nSPS) is 13.6. The number of ether oxygens (including phenoxy) is 2. The Kier molecular flexibility index (Phi) is 4.91. The molecule has 0 unspecified atom stereocenters. The van der Waals surface area contributed by atoms with Gasteiger partial charge in [-0.25, -0.2) is 9.69 Å². The average Bonchev–Trinajstić information content (AvgIpc) is 3.00. The Morgan fingerprint density at radius 3 is 2.12 bits per heavy atom. The van der Waals surface area contributed by atoms with Crippen LogP contribution in [0.4, 0.5) is 4.79 Å². The van der Waals surface area contributed by atoms with Gasteiger partial charge >= 0.3 is 6.09 Å². The number of rotatable bonds is 5. The second kappa shape index (κ2) is 7.46. The van der Waals surface area contributed by atoms with E-state index >= 15 is 0 Å². The Hall–Kier alpha value is -3.08. The molecule has 0 spiro atoms. The first-order chi connectivity index (χ1) is 11.7. The predicted octanol–water partition coefficient (Wildman–Crippen LogP) is 3.27. The monoisotopic (exact) mass is 323 g/mol. The van der Waals surface area contributed by atoms with Crippen molar-refractivity contribution in [3.63, 3.8) is 0 Å². The number of nitrogens with zero attached hydrogens (tertiary/aromatic N) is 1. The molecule has 2 aromatic carbocycles. The van der Waals surface area contributed by atoms with E-state index < -0.39 is 12.0 Å². The quantitative estimate of drug-likeness (QED) is 0.847. The molecule has 24 heavy (non-hydrogen) atoms. The molecule has 2 amide bonds. The first kappa shape index (κ1) is 15.8. The molecule has 3 rings (SSSR count). The van der Waals surface area contributed by atoms with Crippen LogP contribution < -0.4 is 0 Å². The van der Waals surface area contributed by atoms with Gasteiger partial charge in [0.2, 0.25) is 0 Å². The predicted molar refractivity (Wildman–Crippen MR) is 87.7 cm³/mol. The summed E-state index contributed by atoms with van der Waals surface area (Å²) in [6, 6.07) is 18.9. The van der Waals surface area contributed by atoms with Crippen LogP contribution in [0.25, 0.3) is 0 Å². The van der Waals surface area contributed by atoms with Crippen LogP contribution in [0.5, 0.6) is 0 Å². The highest BCUT2D eigenvalue weighted by molar-refractivity contribution is 6.01. The van der Waals surface area contributed by atoms with Crippen molar-refractivity contribution in [1.82, 2.24) is 4.90 Å². The second-order valence-electron chi connectivity index (χ2n) is 5.35. The number of carbonyl (C=O) groups excluding carboxylic acids is 2. The van der Waals surface area contributed by atoms with E-state index in [4.69, 9.17) is 9.47 Å². The minimum atomic E-state index is -0.668. The summed E-state index contributed by atoms with van der Waals surface area (Å²) in [6.45, 7) is 0.579. The lowest BCUT2D eigenvalue weighted by molar-refractivity contribution is -0.123. The zero-order valence-electron chi connectivity index (χ0n) is 13.1. The van der Waals surface area contributed by atoms with E-state index in [-0.39, 0.29) is 13.2 Å². The van der Waals surface area contributed by atoms with Gasteiger partial charge in [-0.15, -0.1) is 0 Å². The molecule has 122 valence electrons. The zero-order chi connectivity index (χ0) is 16.8. The summed E-state index contributed by atoms with van der Waals surface area (Å²) in [5.41, 5.74) is 1.86. The minimum absolute atomic E-state index is 0.0965. The molecule has 5 heteroatoms. The van der Waals surface area contributed by atoms with Crippen LogP contribution in [0, 0.1) is 0 Å². The SMILES string of the molecule is O=C1C=C(OCc2ccccc2)CN1C(=O)OCc1ccccc1. The third kappa shape index (κ3) is 4.01. The Morgan fingerprint density at radius 2 is 1.50 bits per heavy atom. The fourth-order valence-corrected chi connectivity index (χ4v) is 2.28. The molecular weight excluding hydrogens is 306 g/mol. The van der Waals surface area contributed by atoms with E-state index in [0.29, 0.717) is 12.4 Å². The number of hydrogen-bond donors (Lipinski definition) is 0. The van der Waals surface area contributed by atoms with Gasteiger partial charge in [-0.05, 0) is 11.1 Å². The maximum Gasteiger partial charge on any atom is 0.417 e. The van der Waals surface area contributed by atoms with Crippen LogP contribution in [-0.2, 0) is 27.5 Å². The highest BCUT2D eigenvalue weighted by atomic mass is 16.6. The molecule has 0 bridgehead atoms. The van der Waals surface area contributed by atoms with E-state index in [2.05, 4.69) is 0 Å². The molecule has 0 saturated carbocycles. The third-order valence-electron chi connectivity index (χ3n) is 3.56. The summed E-state index contributed by atoms with van der Waals surface area (Å²) >= 11 is 0. The molecule has 1 aliphatic rings. The number of imide groups is 1. The molecular formula is C19H17NO4. The van der Waals surface area contributed by atoms with Gasteiger partial charge in [-0.1, -0.05) is 60.7 Å². The maximum absolute atomic E-state index is 12.0. The standard InChI is InChI=1S/C19H17NO4/c21-18-11-17(23-13-15-7-3-1-4-8-15)12-20(18)19(22)24-14-16-9-5-2-6-10-16/h1-11H,12-14H2. The fourth-order valence-electron chi connectivity index (χ4n) is 2.28. The summed E-state index contributed by atoms with van der Waals surface area (Å²) in [5.74, 6) is 0.0386. The van der Waals surface area contributed by atoms with Crippen molar-refractivity contribution < 1.29 is 19.1 Å². The minimum Gasteiger partial charge on any atom is -0.491 e. The number of amides is 2. The summed E-state index contributed by atoms with van der Waals surface area (Å²) in [4.78, 5) is 25.0. The second-order valence-corrected chi connectivity index (χ2v) is 5.35. The van der Waals surface area contributed by atoms with E-state index in [1.54, 1.807) is 0 Å². The first-order valence-corrected chi connectivity index (χ1v) is 7.62. The van der Waals surface area contributed by atoms with Crippen molar-refractivity contribution >= 4 is 12.0 Å². The summed E-state index contributed by atoms with van der Waals surface area (Å²) in [6.07, 6.45) is 0.658. The lowest BCUT2D eigenvalue weighted by atomic mass is 10.2. The molecule has 1 aliphatic heterocycles. The van der Waals surface area contributed by atoms with Crippen LogP contribution in [-0.4, -0.2) is 23.4 Å². The van der Waals surface area contributed by atoms with Crippen molar-refractivity contribution in [1.29, 1.82) is 0 Å². The van der Waals surface area contributed by atoms with E-state index in [1.165, 1.54) is 6.08 Å². The van der Waals surface area contributed by atoms with Gasteiger partial charge in [-0.3, -0.25) is 4.79 Å². The van der Waals surface area contributed by atoms with Gasteiger partial charge in [0.1, 0.15) is 19.0 Å². The van der Waals surface area contributed by atoms with Gasteiger partial charge in [0.05, 0.1) is 6.54 Å². The fraction of sp³-hybridized carbons (Fsp3) is 0.158. The Balaban J connectivity index is 1.49. The van der Waals surface area contributed by atoms with Crippen LogP contribution in [0.2, 0.25) is 0 Å². The van der Waals surface area contributed by atoms with Gasteiger partial charge in [0, 0.05) is 6.08 Å². The number of benzene rings is 2. The van der Waals surface area contributed by atoms with E-state index in [9.17, 15) is 9.59 Å². The summed E-state index contributed by atoms with van der Waals surface area (Å²) in [5, 5.41) is 0. The van der Waals surface area contributed by atoms with E-state index in [0.717, 1.165) is 16.0 Å². The molecule has 0 radical (unpaired) electrons.